The monoisotopic (exact) mass is 181 g/mol. The fourth-order valence-electron chi connectivity index (χ4n) is 0.963. The van der Waals surface area contributed by atoms with Gasteiger partial charge in [-0.05, 0) is 26.3 Å². The maximum absolute atomic E-state index is 3.44. The zero-order valence-corrected chi connectivity index (χ0v) is 8.59. The van der Waals surface area contributed by atoms with Crippen molar-refractivity contribution in [1.82, 2.24) is 5.32 Å². The first-order valence-corrected chi connectivity index (χ1v) is 4.37. The topological polar surface area (TPSA) is 43.5 Å². The van der Waals surface area contributed by atoms with Crippen LogP contribution in [0.15, 0.2) is 30.3 Å². The third kappa shape index (κ3) is 5.39. The van der Waals surface area contributed by atoms with E-state index in [4.69, 9.17) is 0 Å². The molecule has 1 aromatic carbocycles. The minimum absolute atomic E-state index is 0. The first-order valence-electron chi connectivity index (χ1n) is 4.37. The molecule has 0 heterocycles. The van der Waals surface area contributed by atoms with Crippen LogP contribution in [-0.4, -0.2) is 11.0 Å². The zero-order valence-electron chi connectivity index (χ0n) is 8.59. The quantitative estimate of drug-likeness (QED) is 0.742. The maximum Gasteiger partial charge on any atom is 0.0210 e. The molecule has 0 spiro atoms. The van der Waals surface area contributed by atoms with Crippen LogP contribution in [0.5, 0.6) is 0 Å². The third-order valence-corrected chi connectivity index (χ3v) is 1.67. The number of rotatable bonds is 2. The molecule has 2 heteroatoms. The molecular weight excluding hydrogens is 162 g/mol. The molecule has 0 aliphatic carbocycles. The van der Waals surface area contributed by atoms with Crippen LogP contribution in [0.3, 0.4) is 0 Å². The Balaban J connectivity index is 0.00000144. The normalized spacial score (nSPS) is 10.7. The Morgan fingerprint density at radius 3 is 2.08 bits per heavy atom. The van der Waals surface area contributed by atoms with Gasteiger partial charge >= 0.3 is 0 Å². The fraction of sp³-hybridized carbons (Fsp3) is 0.455. The van der Waals surface area contributed by atoms with E-state index in [-0.39, 0.29) is 11.0 Å². The van der Waals surface area contributed by atoms with E-state index in [2.05, 4.69) is 50.4 Å². The van der Waals surface area contributed by atoms with Crippen LogP contribution >= 0.6 is 0 Å². The van der Waals surface area contributed by atoms with Crippen LogP contribution in [0.2, 0.25) is 0 Å². The summed E-state index contributed by atoms with van der Waals surface area (Å²) < 4.78 is 0. The molecule has 1 rings (SSSR count). The molecule has 3 N–H and O–H groups in total. The minimum atomic E-state index is 0. The molecule has 0 amide bonds. The maximum atomic E-state index is 3.44. The van der Waals surface area contributed by atoms with Crippen LogP contribution in [0.1, 0.15) is 26.3 Å². The summed E-state index contributed by atoms with van der Waals surface area (Å²) in [6.45, 7) is 7.48. The van der Waals surface area contributed by atoms with Gasteiger partial charge in [0.15, 0.2) is 0 Å². The van der Waals surface area contributed by atoms with Crippen molar-refractivity contribution in [2.24, 2.45) is 0 Å². The van der Waals surface area contributed by atoms with Crippen molar-refractivity contribution in [3.8, 4) is 0 Å². The second-order valence-electron chi connectivity index (χ2n) is 4.09. The second kappa shape index (κ2) is 5.00. The van der Waals surface area contributed by atoms with Crippen LogP contribution in [-0.2, 0) is 6.54 Å². The molecule has 13 heavy (non-hydrogen) atoms. The third-order valence-electron chi connectivity index (χ3n) is 1.67. The van der Waals surface area contributed by atoms with Crippen LogP contribution in [0, 0.1) is 0 Å². The standard InChI is InChI=1S/C11H17N.H2O/c1-11(2,3)12-9-10-7-5-4-6-8-10;/h4-8,12H,9H2,1-3H3;1H2. The van der Waals surface area contributed by atoms with Crippen LogP contribution in [0.4, 0.5) is 0 Å². The highest BCUT2D eigenvalue weighted by molar-refractivity contribution is 5.14. The number of hydrogen-bond donors (Lipinski definition) is 1. The average molecular weight is 181 g/mol. The van der Waals surface area contributed by atoms with Crippen molar-refractivity contribution >= 4 is 0 Å². The van der Waals surface area contributed by atoms with E-state index in [1.54, 1.807) is 0 Å². The number of benzene rings is 1. The molecule has 0 radical (unpaired) electrons. The van der Waals surface area contributed by atoms with Crippen molar-refractivity contribution in [1.29, 1.82) is 0 Å². The summed E-state index contributed by atoms with van der Waals surface area (Å²) in [5.74, 6) is 0. The Bertz CT molecular complexity index is 226. The Labute approximate surface area is 80.3 Å². The minimum Gasteiger partial charge on any atom is -0.412 e. The van der Waals surface area contributed by atoms with E-state index in [0.717, 1.165) is 6.54 Å². The molecule has 0 saturated heterocycles. The molecule has 74 valence electrons. The lowest BCUT2D eigenvalue weighted by molar-refractivity contribution is 0.424. The Morgan fingerprint density at radius 1 is 1.08 bits per heavy atom. The molecule has 0 bridgehead atoms. The summed E-state index contributed by atoms with van der Waals surface area (Å²) >= 11 is 0. The zero-order chi connectivity index (χ0) is 9.03. The van der Waals surface area contributed by atoms with Crippen LogP contribution in [0.25, 0.3) is 0 Å². The highest BCUT2D eigenvalue weighted by Gasteiger charge is 2.07. The number of nitrogens with one attached hydrogen (secondary N) is 1. The summed E-state index contributed by atoms with van der Waals surface area (Å²) in [5.41, 5.74) is 1.54. The van der Waals surface area contributed by atoms with Gasteiger partial charge in [0.05, 0.1) is 0 Å². The van der Waals surface area contributed by atoms with Gasteiger partial charge in [-0.25, -0.2) is 0 Å². The van der Waals surface area contributed by atoms with Crippen molar-refractivity contribution in [2.75, 3.05) is 0 Å². The lowest BCUT2D eigenvalue weighted by Gasteiger charge is -2.20. The van der Waals surface area contributed by atoms with Gasteiger partial charge in [-0.1, -0.05) is 30.3 Å². The molecule has 0 saturated carbocycles. The predicted octanol–water partition coefficient (Wildman–Crippen LogP) is 1.75. The molecule has 0 unspecified atom stereocenters. The lowest BCUT2D eigenvalue weighted by Crippen LogP contribution is -2.34. The summed E-state index contributed by atoms with van der Waals surface area (Å²) in [7, 11) is 0. The molecule has 2 nitrogen and oxygen atoms in total. The highest BCUT2D eigenvalue weighted by Crippen LogP contribution is 2.03. The van der Waals surface area contributed by atoms with Gasteiger partial charge in [-0.2, -0.15) is 0 Å². The van der Waals surface area contributed by atoms with E-state index in [0.29, 0.717) is 0 Å². The van der Waals surface area contributed by atoms with Crippen molar-refractivity contribution in [2.45, 2.75) is 32.9 Å². The second-order valence-corrected chi connectivity index (χ2v) is 4.09. The van der Waals surface area contributed by atoms with Crippen molar-refractivity contribution in [3.63, 3.8) is 0 Å². The smallest absolute Gasteiger partial charge is 0.0210 e. The number of hydrogen-bond acceptors (Lipinski definition) is 1. The molecule has 1 aromatic rings. The SMILES string of the molecule is CC(C)(C)NCc1ccccc1.O. The van der Waals surface area contributed by atoms with Gasteiger partial charge < -0.3 is 10.8 Å². The van der Waals surface area contributed by atoms with E-state index < -0.39 is 0 Å². The van der Waals surface area contributed by atoms with Gasteiger partial charge in [-0.3, -0.25) is 0 Å². The Kier molecular flexibility index (Phi) is 4.67. The first-order chi connectivity index (χ1) is 5.58. The summed E-state index contributed by atoms with van der Waals surface area (Å²) in [5, 5.41) is 3.44. The van der Waals surface area contributed by atoms with E-state index in [1.165, 1.54) is 5.56 Å². The van der Waals surface area contributed by atoms with Gasteiger partial charge in [0.25, 0.3) is 0 Å². The molecule has 0 aliphatic rings. The summed E-state index contributed by atoms with van der Waals surface area (Å²) in [6.07, 6.45) is 0. The van der Waals surface area contributed by atoms with Crippen molar-refractivity contribution in [3.05, 3.63) is 35.9 Å². The molecule has 0 aliphatic heterocycles. The molecular formula is C11H19NO. The molecule has 0 fully saturated rings. The van der Waals surface area contributed by atoms with Gasteiger partial charge in [0.2, 0.25) is 0 Å². The van der Waals surface area contributed by atoms with E-state index in [9.17, 15) is 0 Å². The summed E-state index contributed by atoms with van der Waals surface area (Å²) in [4.78, 5) is 0. The molecule has 0 atom stereocenters. The highest BCUT2D eigenvalue weighted by atomic mass is 16.0. The first kappa shape index (κ1) is 12.1. The van der Waals surface area contributed by atoms with Gasteiger partial charge in [0.1, 0.15) is 0 Å². The largest absolute Gasteiger partial charge is 0.412 e. The van der Waals surface area contributed by atoms with Crippen LogP contribution < -0.4 is 5.32 Å². The molecule has 0 aromatic heterocycles. The Hall–Kier alpha value is -0.860. The summed E-state index contributed by atoms with van der Waals surface area (Å²) in [6, 6.07) is 10.5. The predicted molar refractivity (Wildman–Crippen MR) is 56.6 cm³/mol. The van der Waals surface area contributed by atoms with E-state index >= 15 is 0 Å². The Morgan fingerprint density at radius 2 is 1.62 bits per heavy atom. The average Bonchev–Trinajstić information content (AvgIpc) is 2.02. The van der Waals surface area contributed by atoms with Gasteiger partial charge in [0, 0.05) is 12.1 Å². The van der Waals surface area contributed by atoms with Crippen molar-refractivity contribution < 1.29 is 5.48 Å². The van der Waals surface area contributed by atoms with Gasteiger partial charge in [-0.15, -0.1) is 0 Å². The lowest BCUT2D eigenvalue weighted by atomic mass is 10.1. The fourth-order valence-corrected chi connectivity index (χ4v) is 0.963. The van der Waals surface area contributed by atoms with E-state index in [1.807, 2.05) is 6.07 Å².